The van der Waals surface area contributed by atoms with Crippen molar-refractivity contribution in [2.45, 2.75) is 124 Å². The van der Waals surface area contributed by atoms with Gasteiger partial charge >= 0.3 is 6.18 Å². The number of rotatable bonds is 10. The van der Waals surface area contributed by atoms with E-state index < -0.39 is 17.8 Å². The van der Waals surface area contributed by atoms with Crippen LogP contribution in [0.5, 0.6) is 0 Å². The molecule has 0 aliphatic heterocycles. The van der Waals surface area contributed by atoms with Crippen molar-refractivity contribution in [2.75, 3.05) is 9.80 Å². The molecule has 12 rings (SSSR count). The maximum absolute atomic E-state index is 14.5. The Bertz CT molecular complexity index is 4170. The fraction of sp³-hybridized carbons (Fsp3) is 0.244. The molecule has 2 atom stereocenters. The topological polar surface area (TPSA) is 6.48 Å². The Morgan fingerprint density at radius 1 is 0.379 bits per heavy atom. The number of benzene rings is 8. The van der Waals surface area contributed by atoms with E-state index in [1.807, 2.05) is 0 Å². The summed E-state index contributed by atoms with van der Waals surface area (Å²) in [5.41, 5.74) is 24.6. The maximum atomic E-state index is 14.5. The Labute approximate surface area is 514 Å². The van der Waals surface area contributed by atoms with Crippen LogP contribution in [0.1, 0.15) is 116 Å². The van der Waals surface area contributed by atoms with Crippen LogP contribution in [-0.2, 0) is 27.8 Å². The molecule has 0 heterocycles. The van der Waals surface area contributed by atoms with Crippen LogP contribution in [0.15, 0.2) is 264 Å². The van der Waals surface area contributed by atoms with Crippen LogP contribution in [0.2, 0.25) is 0 Å². The first-order valence-corrected chi connectivity index (χ1v) is 30.7. The number of alkyl halides is 3. The minimum Gasteiger partial charge on any atom is -0.330 e. The van der Waals surface area contributed by atoms with Crippen LogP contribution in [0.3, 0.4) is 0 Å². The third-order valence-electron chi connectivity index (χ3n) is 18.0. The molecule has 4 aliphatic rings. The average Bonchev–Trinajstić information content (AvgIpc) is 0.973. The van der Waals surface area contributed by atoms with Gasteiger partial charge in [-0.1, -0.05) is 253 Å². The van der Waals surface area contributed by atoms with Crippen molar-refractivity contribution in [1.82, 2.24) is 0 Å². The minimum absolute atomic E-state index is 0.00679. The standard InChI is InChI=1S/C82H79F3N2/c1-52-14-40-66(41-15-52)86(74-48-28-59(53-16-30-61(31-17-53)78(2,3)4)50-70(74)55-20-34-63(35-21-55)80(8,9)10)72-46-26-57-25-45-69-73(47-27-58-24-44-68(72)76(57)77(58)69)87(67-42-38-65(39-43-67)82(83,84)85)75-49-29-60(54-18-32-62(33-19-54)79(5,6)7)51-71(75)56-22-36-64(37-23-56)81(11,12)13/h14-51,73,76H,1-13H3. The van der Waals surface area contributed by atoms with E-state index in [-0.39, 0.29) is 27.6 Å². The van der Waals surface area contributed by atoms with Crippen LogP contribution in [0, 0.1) is 12.8 Å². The second-order valence-electron chi connectivity index (χ2n) is 28.3. The molecule has 0 bridgehead atoms. The normalized spacial score (nSPS) is 16.6. The lowest BCUT2D eigenvalue weighted by Gasteiger charge is -2.44. The summed E-state index contributed by atoms with van der Waals surface area (Å²) >= 11 is 0. The molecule has 0 fully saturated rings. The molecule has 87 heavy (non-hydrogen) atoms. The zero-order valence-corrected chi connectivity index (χ0v) is 52.6. The van der Waals surface area contributed by atoms with E-state index in [1.165, 1.54) is 56.7 Å². The molecule has 0 saturated carbocycles. The molecule has 8 aromatic rings. The Morgan fingerprint density at radius 2 is 0.805 bits per heavy atom. The molecule has 2 unspecified atom stereocenters. The highest BCUT2D eigenvalue weighted by molar-refractivity contribution is 5.91. The number of hydrogen-bond acceptors (Lipinski definition) is 2. The minimum atomic E-state index is -4.50. The van der Waals surface area contributed by atoms with Gasteiger partial charge in [-0.2, -0.15) is 13.2 Å². The van der Waals surface area contributed by atoms with Crippen molar-refractivity contribution in [3.05, 3.63) is 298 Å². The number of aryl methyl sites for hydroxylation is 1. The number of anilines is 4. The van der Waals surface area contributed by atoms with Crippen LogP contribution >= 0.6 is 0 Å². The van der Waals surface area contributed by atoms with Gasteiger partial charge in [0, 0.05) is 34.1 Å². The van der Waals surface area contributed by atoms with E-state index >= 15 is 0 Å². The van der Waals surface area contributed by atoms with Gasteiger partial charge in [0.25, 0.3) is 0 Å². The number of hydrogen-bond donors (Lipinski definition) is 0. The van der Waals surface area contributed by atoms with Crippen molar-refractivity contribution in [3.63, 3.8) is 0 Å². The molecule has 0 spiro atoms. The Hall–Kier alpha value is -8.67. The molecule has 0 N–H and O–H groups in total. The smallest absolute Gasteiger partial charge is 0.330 e. The van der Waals surface area contributed by atoms with Crippen LogP contribution in [0.25, 0.3) is 44.5 Å². The Balaban J connectivity index is 1.02. The van der Waals surface area contributed by atoms with E-state index in [2.05, 4.69) is 306 Å². The van der Waals surface area contributed by atoms with Crippen molar-refractivity contribution < 1.29 is 13.2 Å². The molecule has 5 heteroatoms. The predicted octanol–water partition coefficient (Wildman–Crippen LogP) is 23.0. The predicted molar refractivity (Wildman–Crippen MR) is 361 cm³/mol. The van der Waals surface area contributed by atoms with Crippen molar-refractivity contribution >= 4 is 22.7 Å². The Kier molecular flexibility index (Phi) is 14.8. The summed E-state index contributed by atoms with van der Waals surface area (Å²) in [6, 6.07) is 63.5. The highest BCUT2D eigenvalue weighted by atomic mass is 19.4. The van der Waals surface area contributed by atoms with E-state index in [9.17, 15) is 13.2 Å². The molecule has 0 amide bonds. The molecular weight excluding hydrogens is 1070 g/mol. The van der Waals surface area contributed by atoms with Crippen molar-refractivity contribution in [3.8, 4) is 44.5 Å². The van der Waals surface area contributed by atoms with Crippen LogP contribution < -0.4 is 9.80 Å². The maximum Gasteiger partial charge on any atom is 0.416 e. The third-order valence-corrected chi connectivity index (χ3v) is 18.0. The number of nitrogens with zero attached hydrogens (tertiary/aromatic N) is 2. The first-order chi connectivity index (χ1) is 41.2. The first-order valence-electron chi connectivity index (χ1n) is 30.7. The second-order valence-corrected chi connectivity index (χ2v) is 28.3. The van der Waals surface area contributed by atoms with Gasteiger partial charge in [0.2, 0.25) is 0 Å². The summed E-state index contributed by atoms with van der Waals surface area (Å²) in [5, 5.41) is 0. The third kappa shape index (κ3) is 11.5. The monoisotopic (exact) mass is 1150 g/mol. The zero-order chi connectivity index (χ0) is 61.5. The van der Waals surface area contributed by atoms with Gasteiger partial charge in [0.1, 0.15) is 0 Å². The van der Waals surface area contributed by atoms with Crippen molar-refractivity contribution in [1.29, 1.82) is 0 Å². The van der Waals surface area contributed by atoms with E-state index in [0.29, 0.717) is 5.69 Å². The van der Waals surface area contributed by atoms with E-state index in [1.54, 1.807) is 12.1 Å². The van der Waals surface area contributed by atoms with Gasteiger partial charge in [0.15, 0.2) is 0 Å². The van der Waals surface area contributed by atoms with Crippen molar-refractivity contribution in [2.24, 2.45) is 5.92 Å². The van der Waals surface area contributed by atoms with Gasteiger partial charge in [-0.25, -0.2) is 0 Å². The second kappa shape index (κ2) is 21.9. The zero-order valence-electron chi connectivity index (χ0n) is 52.6. The fourth-order valence-corrected chi connectivity index (χ4v) is 12.8. The summed E-state index contributed by atoms with van der Waals surface area (Å²) in [6.45, 7) is 29.0. The Morgan fingerprint density at radius 3 is 1.28 bits per heavy atom. The molecule has 438 valence electrons. The van der Waals surface area contributed by atoms with Gasteiger partial charge in [-0.05, 0) is 179 Å². The summed E-state index contributed by atoms with van der Waals surface area (Å²) in [6.07, 6.45) is 13.6. The highest BCUT2D eigenvalue weighted by Gasteiger charge is 2.41. The first kappa shape index (κ1) is 58.7. The molecular formula is C82H79F3N2. The lowest BCUT2D eigenvalue weighted by atomic mass is 9.67. The molecule has 0 saturated heterocycles. The SMILES string of the molecule is Cc1ccc(N(C2=C3C=CC4=C5C(=CC=C(C=C2)C35)C(N(c2ccc(C(F)(F)F)cc2)c2ccc(-c3ccc(C(C)(C)C)cc3)cc2-c2ccc(C(C)(C)C)cc2)C=C4)c2ccc(-c3ccc(C(C)(C)C)cc3)cc2-c2ccc(C(C)(C)C)cc2)cc1. The lowest BCUT2D eigenvalue weighted by molar-refractivity contribution is -0.137. The number of allylic oxidation sites excluding steroid dienone is 10. The van der Waals surface area contributed by atoms with Crippen LogP contribution in [-0.4, -0.2) is 6.04 Å². The average molecular weight is 1150 g/mol. The quantitative estimate of drug-likeness (QED) is 0.135. The van der Waals surface area contributed by atoms with Gasteiger partial charge in [0.05, 0.1) is 23.0 Å². The van der Waals surface area contributed by atoms with E-state index in [4.69, 9.17) is 0 Å². The fourth-order valence-electron chi connectivity index (χ4n) is 12.8. The summed E-state index contributed by atoms with van der Waals surface area (Å²) in [5.74, 6) is -0.141. The summed E-state index contributed by atoms with van der Waals surface area (Å²) in [7, 11) is 0. The van der Waals surface area contributed by atoms with Gasteiger partial charge in [-0.3, -0.25) is 0 Å². The molecule has 2 nitrogen and oxygen atoms in total. The summed E-state index contributed by atoms with van der Waals surface area (Å²) < 4.78 is 43.5. The molecule has 0 aromatic heterocycles. The number of halogens is 3. The van der Waals surface area contributed by atoms with E-state index in [0.717, 1.165) is 78.4 Å². The van der Waals surface area contributed by atoms with Gasteiger partial charge < -0.3 is 9.80 Å². The highest BCUT2D eigenvalue weighted by Crippen LogP contribution is 2.54. The largest absolute Gasteiger partial charge is 0.416 e. The summed E-state index contributed by atoms with van der Waals surface area (Å²) in [4.78, 5) is 4.72. The molecule has 8 aromatic carbocycles. The van der Waals surface area contributed by atoms with Crippen LogP contribution in [0.4, 0.5) is 35.9 Å². The molecule has 0 radical (unpaired) electrons. The molecule has 4 aliphatic carbocycles. The lowest BCUT2D eigenvalue weighted by Crippen LogP contribution is -2.37. The van der Waals surface area contributed by atoms with Gasteiger partial charge in [-0.15, -0.1) is 0 Å².